The highest BCUT2D eigenvalue weighted by molar-refractivity contribution is 5.53. The second-order valence-electron chi connectivity index (χ2n) is 3.90. The van der Waals surface area contributed by atoms with E-state index in [1.807, 2.05) is 0 Å². The summed E-state index contributed by atoms with van der Waals surface area (Å²) in [4.78, 5) is 2.28. The van der Waals surface area contributed by atoms with E-state index >= 15 is 0 Å². The van der Waals surface area contributed by atoms with Crippen LogP contribution in [0.2, 0.25) is 0 Å². The van der Waals surface area contributed by atoms with Crippen LogP contribution in [-0.4, -0.2) is 26.8 Å². The molecule has 1 aromatic carbocycles. The lowest BCUT2D eigenvalue weighted by atomic mass is 10.1. The van der Waals surface area contributed by atoms with Gasteiger partial charge in [-0.3, -0.25) is 0 Å². The number of hydrogen-bond acceptors (Lipinski definition) is 2. The van der Waals surface area contributed by atoms with E-state index in [4.69, 9.17) is 4.74 Å². The van der Waals surface area contributed by atoms with Crippen LogP contribution in [0, 0.1) is 0 Å². The van der Waals surface area contributed by atoms with Gasteiger partial charge in [-0.1, -0.05) is 25.1 Å². The highest BCUT2D eigenvalue weighted by Crippen LogP contribution is 2.21. The molecule has 15 heavy (non-hydrogen) atoms. The number of likely N-dealkylation sites (N-methyl/N-ethyl adjacent to an activating group) is 1. The number of nitrogens with zero attached hydrogens (tertiary/aromatic N) is 1. The van der Waals surface area contributed by atoms with E-state index in [1.54, 1.807) is 7.11 Å². The SMILES string of the molecule is CCc1ccccc1N(C)C(C)COC. The Labute approximate surface area is 92.9 Å². The van der Waals surface area contributed by atoms with E-state index in [9.17, 15) is 0 Å². The lowest BCUT2D eigenvalue weighted by Gasteiger charge is -2.28. The maximum absolute atomic E-state index is 5.18. The summed E-state index contributed by atoms with van der Waals surface area (Å²) in [6, 6.07) is 8.94. The van der Waals surface area contributed by atoms with Gasteiger partial charge in [0.2, 0.25) is 0 Å². The van der Waals surface area contributed by atoms with Crippen LogP contribution in [-0.2, 0) is 11.2 Å². The highest BCUT2D eigenvalue weighted by Gasteiger charge is 2.11. The van der Waals surface area contributed by atoms with Crippen molar-refractivity contribution in [1.82, 2.24) is 0 Å². The van der Waals surface area contributed by atoms with Crippen molar-refractivity contribution in [1.29, 1.82) is 0 Å². The van der Waals surface area contributed by atoms with Gasteiger partial charge in [0.25, 0.3) is 0 Å². The zero-order chi connectivity index (χ0) is 11.3. The second-order valence-corrected chi connectivity index (χ2v) is 3.90. The van der Waals surface area contributed by atoms with Crippen molar-refractivity contribution in [3.8, 4) is 0 Å². The van der Waals surface area contributed by atoms with Gasteiger partial charge in [0.1, 0.15) is 0 Å². The quantitative estimate of drug-likeness (QED) is 0.736. The predicted molar refractivity (Wildman–Crippen MR) is 65.6 cm³/mol. The Morgan fingerprint density at radius 3 is 2.60 bits per heavy atom. The molecule has 1 aromatic rings. The van der Waals surface area contributed by atoms with E-state index in [0.717, 1.165) is 13.0 Å². The van der Waals surface area contributed by atoms with Gasteiger partial charge in [-0.25, -0.2) is 0 Å². The molecular formula is C13H21NO. The fraction of sp³-hybridized carbons (Fsp3) is 0.538. The summed E-state index contributed by atoms with van der Waals surface area (Å²) in [6.45, 7) is 5.12. The molecule has 2 nitrogen and oxygen atoms in total. The predicted octanol–water partition coefficient (Wildman–Crippen LogP) is 2.72. The third-order valence-electron chi connectivity index (χ3n) is 2.82. The van der Waals surface area contributed by atoms with Crippen molar-refractivity contribution in [3.63, 3.8) is 0 Å². The third kappa shape index (κ3) is 2.96. The van der Waals surface area contributed by atoms with Crippen LogP contribution in [0.3, 0.4) is 0 Å². The minimum absolute atomic E-state index is 0.405. The first-order valence-electron chi connectivity index (χ1n) is 5.50. The molecule has 0 N–H and O–H groups in total. The Morgan fingerprint density at radius 1 is 1.33 bits per heavy atom. The number of aryl methyl sites for hydroxylation is 1. The largest absolute Gasteiger partial charge is 0.383 e. The Morgan fingerprint density at radius 2 is 2.00 bits per heavy atom. The number of methoxy groups -OCH3 is 1. The van der Waals surface area contributed by atoms with Crippen molar-refractivity contribution in [2.75, 3.05) is 25.7 Å². The molecule has 0 amide bonds. The van der Waals surface area contributed by atoms with Gasteiger partial charge in [-0.05, 0) is 25.0 Å². The van der Waals surface area contributed by atoms with Crippen LogP contribution in [0.25, 0.3) is 0 Å². The van der Waals surface area contributed by atoms with Crippen LogP contribution >= 0.6 is 0 Å². The van der Waals surface area contributed by atoms with Crippen molar-refractivity contribution in [2.45, 2.75) is 26.3 Å². The zero-order valence-electron chi connectivity index (χ0n) is 10.2. The summed E-state index contributed by atoms with van der Waals surface area (Å²) in [7, 11) is 3.87. The standard InChI is InChI=1S/C13H21NO/c1-5-12-8-6-7-9-13(12)14(3)11(2)10-15-4/h6-9,11H,5,10H2,1-4H3. The first-order valence-corrected chi connectivity index (χ1v) is 5.50. The third-order valence-corrected chi connectivity index (χ3v) is 2.82. The van der Waals surface area contributed by atoms with Gasteiger partial charge >= 0.3 is 0 Å². The monoisotopic (exact) mass is 207 g/mol. The van der Waals surface area contributed by atoms with Crippen LogP contribution < -0.4 is 4.90 Å². The van der Waals surface area contributed by atoms with Crippen LogP contribution in [0.1, 0.15) is 19.4 Å². The Kier molecular flexibility index (Phi) is 4.63. The first kappa shape index (κ1) is 12.1. The number of rotatable bonds is 5. The molecule has 2 heteroatoms. The lowest BCUT2D eigenvalue weighted by molar-refractivity contribution is 0.183. The average Bonchev–Trinajstić information content (AvgIpc) is 2.28. The normalized spacial score (nSPS) is 12.5. The molecule has 1 unspecified atom stereocenters. The molecule has 0 aliphatic rings. The van der Waals surface area contributed by atoms with E-state index in [0.29, 0.717) is 6.04 Å². The van der Waals surface area contributed by atoms with Gasteiger partial charge in [0.15, 0.2) is 0 Å². The van der Waals surface area contributed by atoms with E-state index in [1.165, 1.54) is 11.3 Å². The lowest BCUT2D eigenvalue weighted by Crippen LogP contribution is -2.33. The van der Waals surface area contributed by atoms with Gasteiger partial charge in [0, 0.05) is 25.9 Å². The van der Waals surface area contributed by atoms with Crippen LogP contribution in [0.5, 0.6) is 0 Å². The fourth-order valence-electron chi connectivity index (χ4n) is 1.74. The molecule has 1 atom stereocenters. The first-order chi connectivity index (χ1) is 7.20. The summed E-state index contributed by atoms with van der Waals surface area (Å²) in [5.41, 5.74) is 2.70. The van der Waals surface area contributed by atoms with Gasteiger partial charge in [-0.15, -0.1) is 0 Å². The van der Waals surface area contributed by atoms with Crippen molar-refractivity contribution in [3.05, 3.63) is 29.8 Å². The molecule has 1 rings (SSSR count). The van der Waals surface area contributed by atoms with Gasteiger partial charge in [0.05, 0.1) is 6.61 Å². The molecule has 0 aliphatic carbocycles. The number of para-hydroxylation sites is 1. The van der Waals surface area contributed by atoms with E-state index in [-0.39, 0.29) is 0 Å². The molecule has 0 saturated heterocycles. The summed E-state index contributed by atoms with van der Waals surface area (Å²) in [5.74, 6) is 0. The van der Waals surface area contributed by atoms with Crippen molar-refractivity contribution < 1.29 is 4.74 Å². The molecule has 0 spiro atoms. The molecule has 0 heterocycles. The molecule has 0 radical (unpaired) electrons. The van der Waals surface area contributed by atoms with Crippen molar-refractivity contribution >= 4 is 5.69 Å². The maximum atomic E-state index is 5.18. The Balaban J connectivity index is 2.84. The van der Waals surface area contributed by atoms with E-state index in [2.05, 4.69) is 50.1 Å². The number of benzene rings is 1. The summed E-state index contributed by atoms with van der Waals surface area (Å²) in [6.07, 6.45) is 1.07. The van der Waals surface area contributed by atoms with Gasteiger partial charge in [-0.2, -0.15) is 0 Å². The molecule has 0 bridgehead atoms. The highest BCUT2D eigenvalue weighted by atomic mass is 16.5. The number of hydrogen-bond donors (Lipinski definition) is 0. The number of anilines is 1. The zero-order valence-corrected chi connectivity index (χ0v) is 10.2. The Hall–Kier alpha value is -1.02. The van der Waals surface area contributed by atoms with Crippen LogP contribution in [0.4, 0.5) is 5.69 Å². The van der Waals surface area contributed by atoms with Crippen LogP contribution in [0.15, 0.2) is 24.3 Å². The Bertz CT molecular complexity index is 298. The maximum Gasteiger partial charge on any atom is 0.0663 e. The van der Waals surface area contributed by atoms with Crippen molar-refractivity contribution in [2.24, 2.45) is 0 Å². The second kappa shape index (κ2) is 5.76. The van der Waals surface area contributed by atoms with E-state index < -0.39 is 0 Å². The average molecular weight is 207 g/mol. The topological polar surface area (TPSA) is 12.5 Å². The molecule has 0 saturated carbocycles. The molecule has 0 aliphatic heterocycles. The molecular weight excluding hydrogens is 186 g/mol. The number of ether oxygens (including phenoxy) is 1. The molecule has 0 aromatic heterocycles. The summed E-state index contributed by atoms with van der Waals surface area (Å²) in [5, 5.41) is 0. The summed E-state index contributed by atoms with van der Waals surface area (Å²) >= 11 is 0. The fourth-order valence-corrected chi connectivity index (χ4v) is 1.74. The summed E-state index contributed by atoms with van der Waals surface area (Å²) < 4.78 is 5.18. The molecule has 84 valence electrons. The minimum atomic E-state index is 0.405. The smallest absolute Gasteiger partial charge is 0.0663 e. The minimum Gasteiger partial charge on any atom is -0.383 e. The van der Waals surface area contributed by atoms with Gasteiger partial charge < -0.3 is 9.64 Å². The molecule has 0 fully saturated rings.